The molecule has 0 spiro atoms. The van der Waals surface area contributed by atoms with E-state index in [0.717, 1.165) is 51.4 Å². The van der Waals surface area contributed by atoms with Crippen LogP contribution >= 0.6 is 15.9 Å². The van der Waals surface area contributed by atoms with E-state index in [4.69, 9.17) is 4.74 Å². The fraction of sp³-hybridized carbons (Fsp3) is 0.667. The first-order valence-corrected chi connectivity index (χ1v) is 9.58. The number of carbonyl (C=O) groups is 1. The molecule has 2 saturated carbocycles. The number of rotatable bonds is 5. The molecule has 1 aromatic rings. The van der Waals surface area contributed by atoms with Crippen LogP contribution in [0, 0.1) is 11.8 Å². The van der Waals surface area contributed by atoms with Gasteiger partial charge < -0.3 is 15.2 Å². The van der Waals surface area contributed by atoms with Gasteiger partial charge in [-0.15, -0.1) is 0 Å². The van der Waals surface area contributed by atoms with Crippen LogP contribution < -0.4 is 10.1 Å². The number of nitrogens with one attached hydrogen (secondary N) is 1. The Morgan fingerprint density at radius 2 is 1.75 bits per heavy atom. The summed E-state index contributed by atoms with van der Waals surface area (Å²) in [6.07, 6.45) is 8.13. The van der Waals surface area contributed by atoms with E-state index < -0.39 is 5.60 Å². The van der Waals surface area contributed by atoms with Crippen molar-refractivity contribution in [3.63, 3.8) is 0 Å². The molecule has 1 heterocycles. The number of nitrogens with zero attached hydrogens (tertiary/aromatic N) is 1. The highest BCUT2D eigenvalue weighted by Crippen LogP contribution is 2.45. The molecule has 0 saturated heterocycles. The Morgan fingerprint density at radius 3 is 2.25 bits per heavy atom. The number of ether oxygens (including phenoxy) is 1. The maximum atomic E-state index is 13.1. The quantitative estimate of drug-likeness (QED) is 0.740. The Hall–Kier alpha value is -1.14. The third-order valence-corrected chi connectivity index (χ3v) is 5.96. The SMILES string of the molecule is COc1cc(NC(=O)C(O)(C2CCCC2)C2CCCC2)cc(Br)n1. The number of anilines is 1. The van der Waals surface area contributed by atoms with Gasteiger partial charge >= 0.3 is 0 Å². The summed E-state index contributed by atoms with van der Waals surface area (Å²) in [5.74, 6) is 0.270. The summed E-state index contributed by atoms with van der Waals surface area (Å²) in [6.45, 7) is 0. The van der Waals surface area contributed by atoms with Gasteiger partial charge in [0.1, 0.15) is 10.2 Å². The first-order valence-electron chi connectivity index (χ1n) is 8.79. The average Bonchev–Trinajstić information content (AvgIpc) is 3.27. The average molecular weight is 397 g/mol. The fourth-order valence-electron chi connectivity index (χ4n) is 4.32. The normalized spacial score (nSPS) is 19.6. The van der Waals surface area contributed by atoms with Gasteiger partial charge in [-0.1, -0.05) is 25.7 Å². The molecular formula is C18H25BrN2O3. The smallest absolute Gasteiger partial charge is 0.256 e. The molecule has 1 aromatic heterocycles. The van der Waals surface area contributed by atoms with E-state index in [-0.39, 0.29) is 17.7 Å². The maximum absolute atomic E-state index is 13.1. The molecule has 0 bridgehead atoms. The summed E-state index contributed by atoms with van der Waals surface area (Å²) in [5, 5.41) is 14.4. The lowest BCUT2D eigenvalue weighted by atomic mass is 9.74. The molecule has 2 aliphatic rings. The maximum Gasteiger partial charge on any atom is 0.256 e. The first-order chi connectivity index (χ1) is 11.5. The lowest BCUT2D eigenvalue weighted by Gasteiger charge is -2.37. The van der Waals surface area contributed by atoms with Gasteiger partial charge in [0.2, 0.25) is 5.88 Å². The third-order valence-electron chi connectivity index (χ3n) is 5.56. The van der Waals surface area contributed by atoms with Crippen LogP contribution in [0.1, 0.15) is 51.4 Å². The Balaban J connectivity index is 1.84. The molecule has 2 N–H and O–H groups in total. The highest BCUT2D eigenvalue weighted by molar-refractivity contribution is 9.10. The van der Waals surface area contributed by atoms with Crippen LogP contribution in [-0.4, -0.2) is 28.7 Å². The molecule has 2 fully saturated rings. The fourth-order valence-corrected chi connectivity index (χ4v) is 4.74. The predicted molar refractivity (Wildman–Crippen MR) is 96.0 cm³/mol. The van der Waals surface area contributed by atoms with Gasteiger partial charge in [-0.25, -0.2) is 4.98 Å². The summed E-state index contributed by atoms with van der Waals surface area (Å²) in [5.41, 5.74) is -0.677. The molecule has 1 amide bonds. The van der Waals surface area contributed by atoms with Crippen LogP contribution in [0.3, 0.4) is 0 Å². The zero-order chi connectivity index (χ0) is 17.2. The molecule has 0 atom stereocenters. The van der Waals surface area contributed by atoms with Crippen LogP contribution in [-0.2, 0) is 4.79 Å². The van der Waals surface area contributed by atoms with Crippen molar-refractivity contribution in [2.75, 3.05) is 12.4 Å². The minimum atomic E-state index is -1.27. The summed E-state index contributed by atoms with van der Waals surface area (Å²) in [4.78, 5) is 17.2. The van der Waals surface area contributed by atoms with Gasteiger partial charge in [0, 0.05) is 11.8 Å². The molecule has 0 radical (unpaired) electrons. The zero-order valence-corrected chi connectivity index (χ0v) is 15.6. The van der Waals surface area contributed by atoms with Crippen LogP contribution in [0.5, 0.6) is 5.88 Å². The van der Waals surface area contributed by atoms with Crippen molar-refractivity contribution in [3.05, 3.63) is 16.7 Å². The van der Waals surface area contributed by atoms with Gasteiger partial charge in [0.25, 0.3) is 5.91 Å². The largest absolute Gasteiger partial charge is 0.481 e. The summed E-state index contributed by atoms with van der Waals surface area (Å²) in [7, 11) is 1.54. The second-order valence-corrected chi connectivity index (χ2v) is 7.78. The molecule has 0 aromatic carbocycles. The standard InChI is InChI=1S/C18H25BrN2O3/c1-24-16-11-14(10-15(19)21-16)20-17(22)18(23,12-6-2-3-7-12)13-8-4-5-9-13/h10-13,23H,2-9H2,1H3,(H,20,21,22). The Morgan fingerprint density at radius 1 is 1.21 bits per heavy atom. The number of aromatic nitrogens is 1. The third kappa shape index (κ3) is 3.45. The number of pyridine rings is 1. The molecular weight excluding hydrogens is 372 g/mol. The molecule has 0 aliphatic heterocycles. The van der Waals surface area contributed by atoms with Crippen molar-refractivity contribution < 1.29 is 14.6 Å². The summed E-state index contributed by atoms with van der Waals surface area (Å²) < 4.78 is 5.73. The van der Waals surface area contributed by atoms with Crippen molar-refractivity contribution in [1.82, 2.24) is 4.98 Å². The van der Waals surface area contributed by atoms with Gasteiger partial charge in [-0.05, 0) is 59.5 Å². The van der Waals surface area contributed by atoms with Crippen LogP contribution in [0.2, 0.25) is 0 Å². The number of halogens is 1. The van der Waals surface area contributed by atoms with Gasteiger partial charge in [0.05, 0.1) is 7.11 Å². The lowest BCUT2D eigenvalue weighted by Crippen LogP contribution is -2.53. The van der Waals surface area contributed by atoms with Gasteiger partial charge in [0.15, 0.2) is 0 Å². The van der Waals surface area contributed by atoms with E-state index in [1.807, 2.05) is 0 Å². The molecule has 0 unspecified atom stereocenters. The van der Waals surface area contributed by atoms with Crippen molar-refractivity contribution in [2.45, 2.75) is 57.0 Å². The lowest BCUT2D eigenvalue weighted by molar-refractivity contribution is -0.148. The van der Waals surface area contributed by atoms with E-state index in [0.29, 0.717) is 16.2 Å². The second kappa shape index (κ2) is 7.40. The van der Waals surface area contributed by atoms with E-state index in [2.05, 4.69) is 26.2 Å². The number of methoxy groups -OCH3 is 1. The van der Waals surface area contributed by atoms with Crippen molar-refractivity contribution >= 4 is 27.5 Å². The number of amides is 1. The van der Waals surface area contributed by atoms with E-state index in [9.17, 15) is 9.90 Å². The van der Waals surface area contributed by atoms with Crippen LogP contribution in [0.25, 0.3) is 0 Å². The van der Waals surface area contributed by atoms with Gasteiger partial charge in [-0.2, -0.15) is 0 Å². The molecule has 3 rings (SSSR count). The highest BCUT2D eigenvalue weighted by atomic mass is 79.9. The van der Waals surface area contributed by atoms with Gasteiger partial charge in [-0.3, -0.25) is 4.79 Å². The molecule has 132 valence electrons. The second-order valence-electron chi connectivity index (χ2n) is 6.96. The summed E-state index contributed by atoms with van der Waals surface area (Å²) >= 11 is 3.32. The van der Waals surface area contributed by atoms with Crippen LogP contribution in [0.4, 0.5) is 5.69 Å². The number of carbonyl (C=O) groups excluding carboxylic acids is 1. The zero-order valence-electron chi connectivity index (χ0n) is 14.1. The highest BCUT2D eigenvalue weighted by Gasteiger charge is 2.51. The molecule has 24 heavy (non-hydrogen) atoms. The first kappa shape index (κ1) is 17.7. The minimum absolute atomic E-state index is 0.0628. The summed E-state index contributed by atoms with van der Waals surface area (Å²) in [6, 6.07) is 3.40. The van der Waals surface area contributed by atoms with E-state index >= 15 is 0 Å². The Kier molecular flexibility index (Phi) is 5.45. The van der Waals surface area contributed by atoms with E-state index in [1.54, 1.807) is 12.1 Å². The Bertz CT molecular complexity index is 580. The minimum Gasteiger partial charge on any atom is -0.481 e. The monoisotopic (exact) mass is 396 g/mol. The number of hydrogen-bond acceptors (Lipinski definition) is 4. The number of hydrogen-bond donors (Lipinski definition) is 2. The van der Waals surface area contributed by atoms with Crippen molar-refractivity contribution in [2.24, 2.45) is 11.8 Å². The van der Waals surface area contributed by atoms with Crippen molar-refractivity contribution in [1.29, 1.82) is 0 Å². The van der Waals surface area contributed by atoms with Crippen molar-refractivity contribution in [3.8, 4) is 5.88 Å². The topological polar surface area (TPSA) is 71.5 Å². The predicted octanol–water partition coefficient (Wildman–Crippen LogP) is 3.90. The molecule has 2 aliphatic carbocycles. The van der Waals surface area contributed by atoms with E-state index in [1.165, 1.54) is 7.11 Å². The number of aliphatic hydroxyl groups is 1. The Labute approximate surface area is 151 Å². The molecule has 5 nitrogen and oxygen atoms in total. The van der Waals surface area contributed by atoms with Crippen LogP contribution in [0.15, 0.2) is 16.7 Å². The molecule has 6 heteroatoms.